The van der Waals surface area contributed by atoms with Gasteiger partial charge in [-0.05, 0) is 30.5 Å². The molecule has 25 heavy (non-hydrogen) atoms. The van der Waals surface area contributed by atoms with Crippen molar-refractivity contribution in [1.82, 2.24) is 4.90 Å². The molecule has 6 heteroatoms. The molecule has 0 aromatic heterocycles. The summed E-state index contributed by atoms with van der Waals surface area (Å²) in [6, 6.07) is 7.08. The fourth-order valence-corrected chi connectivity index (χ4v) is 3.13. The number of carbonyl (C=O) groups is 2. The fourth-order valence-electron chi connectivity index (χ4n) is 3.13. The highest BCUT2D eigenvalue weighted by atomic mass is 16.5. The second kappa shape index (κ2) is 7.76. The lowest BCUT2D eigenvalue weighted by atomic mass is 9.84. The number of rotatable bonds is 4. The SMILES string of the molecule is COc1cccc([C@@H](OC(=O)[C@H]2CCCN(C(N)=O)C2)C(C)(C)C)c1. The van der Waals surface area contributed by atoms with Gasteiger partial charge in [0.1, 0.15) is 11.9 Å². The quantitative estimate of drug-likeness (QED) is 0.848. The van der Waals surface area contributed by atoms with Gasteiger partial charge in [-0.3, -0.25) is 4.79 Å². The lowest BCUT2D eigenvalue weighted by Crippen LogP contribution is -2.45. The van der Waals surface area contributed by atoms with Crippen molar-refractivity contribution in [3.63, 3.8) is 0 Å². The van der Waals surface area contributed by atoms with Crippen LogP contribution in [-0.2, 0) is 9.53 Å². The number of esters is 1. The lowest BCUT2D eigenvalue weighted by Gasteiger charge is -2.34. The number of likely N-dealkylation sites (tertiary alicyclic amines) is 1. The van der Waals surface area contributed by atoms with Gasteiger partial charge in [-0.2, -0.15) is 0 Å². The maximum atomic E-state index is 12.7. The van der Waals surface area contributed by atoms with Crippen molar-refractivity contribution < 1.29 is 19.1 Å². The zero-order valence-corrected chi connectivity index (χ0v) is 15.5. The van der Waals surface area contributed by atoms with E-state index >= 15 is 0 Å². The Balaban J connectivity index is 2.16. The third-order valence-electron chi connectivity index (χ3n) is 4.48. The molecule has 1 heterocycles. The third-order valence-corrected chi connectivity index (χ3v) is 4.48. The minimum atomic E-state index is -0.488. The molecule has 1 aliphatic rings. The third kappa shape index (κ3) is 4.87. The van der Waals surface area contributed by atoms with E-state index < -0.39 is 12.1 Å². The smallest absolute Gasteiger partial charge is 0.314 e. The molecule has 1 fully saturated rings. The number of hydrogen-bond donors (Lipinski definition) is 1. The predicted molar refractivity (Wildman–Crippen MR) is 95.2 cm³/mol. The van der Waals surface area contributed by atoms with Crippen molar-refractivity contribution in [1.29, 1.82) is 0 Å². The summed E-state index contributed by atoms with van der Waals surface area (Å²) in [6.45, 7) is 7.00. The van der Waals surface area contributed by atoms with Gasteiger partial charge in [0.25, 0.3) is 0 Å². The van der Waals surface area contributed by atoms with E-state index in [0.717, 1.165) is 17.7 Å². The van der Waals surface area contributed by atoms with E-state index in [9.17, 15) is 9.59 Å². The van der Waals surface area contributed by atoms with E-state index in [4.69, 9.17) is 15.2 Å². The van der Waals surface area contributed by atoms with Gasteiger partial charge >= 0.3 is 12.0 Å². The Morgan fingerprint density at radius 3 is 2.64 bits per heavy atom. The molecule has 0 bridgehead atoms. The zero-order valence-electron chi connectivity index (χ0n) is 15.5. The summed E-state index contributed by atoms with van der Waals surface area (Å²) in [5.74, 6) is 0.103. The molecule has 0 aliphatic carbocycles. The van der Waals surface area contributed by atoms with Crippen molar-refractivity contribution in [3.05, 3.63) is 29.8 Å². The summed E-state index contributed by atoms with van der Waals surface area (Å²) < 4.78 is 11.2. The van der Waals surface area contributed by atoms with Crippen LogP contribution in [0.25, 0.3) is 0 Å². The van der Waals surface area contributed by atoms with Crippen LogP contribution in [0.5, 0.6) is 5.75 Å². The predicted octanol–water partition coefficient (Wildman–Crippen LogP) is 3.12. The first-order chi connectivity index (χ1) is 11.7. The summed E-state index contributed by atoms with van der Waals surface area (Å²) in [5.41, 5.74) is 5.96. The Labute approximate surface area is 149 Å². The summed E-state index contributed by atoms with van der Waals surface area (Å²) in [4.78, 5) is 25.6. The molecule has 0 spiro atoms. The Bertz CT molecular complexity index is 624. The van der Waals surface area contributed by atoms with Crippen LogP contribution in [0.3, 0.4) is 0 Å². The van der Waals surface area contributed by atoms with Gasteiger partial charge in [-0.15, -0.1) is 0 Å². The maximum absolute atomic E-state index is 12.7. The van der Waals surface area contributed by atoms with Crippen molar-refractivity contribution >= 4 is 12.0 Å². The van der Waals surface area contributed by atoms with E-state index in [2.05, 4.69) is 0 Å². The van der Waals surface area contributed by atoms with Gasteiger partial charge in [0, 0.05) is 18.5 Å². The summed E-state index contributed by atoms with van der Waals surface area (Å²) in [6.07, 6.45) is 1.05. The molecule has 6 nitrogen and oxygen atoms in total. The van der Waals surface area contributed by atoms with Gasteiger partial charge in [0.05, 0.1) is 13.0 Å². The molecule has 2 rings (SSSR count). The van der Waals surface area contributed by atoms with Crippen LogP contribution >= 0.6 is 0 Å². The molecule has 1 aromatic rings. The molecule has 2 amide bonds. The number of nitrogens with two attached hydrogens (primary N) is 1. The molecule has 0 unspecified atom stereocenters. The normalized spacial score (nSPS) is 19.2. The number of primary amides is 1. The average molecular weight is 348 g/mol. The Morgan fingerprint density at radius 1 is 1.32 bits per heavy atom. The van der Waals surface area contributed by atoms with Crippen LogP contribution in [0, 0.1) is 11.3 Å². The molecular weight excluding hydrogens is 320 g/mol. The van der Waals surface area contributed by atoms with E-state index in [0.29, 0.717) is 19.5 Å². The molecule has 0 saturated carbocycles. The monoisotopic (exact) mass is 348 g/mol. The molecule has 0 radical (unpaired) electrons. The molecular formula is C19H28N2O4. The highest BCUT2D eigenvalue weighted by molar-refractivity contribution is 5.76. The van der Waals surface area contributed by atoms with Crippen LogP contribution in [0.2, 0.25) is 0 Å². The largest absolute Gasteiger partial charge is 0.497 e. The van der Waals surface area contributed by atoms with Crippen LogP contribution in [-0.4, -0.2) is 37.1 Å². The number of piperidine rings is 1. The minimum absolute atomic E-state index is 0.278. The first-order valence-electron chi connectivity index (χ1n) is 8.61. The van der Waals surface area contributed by atoms with E-state index in [1.165, 1.54) is 4.90 Å². The van der Waals surface area contributed by atoms with Gasteiger partial charge in [0.2, 0.25) is 0 Å². The molecule has 1 aromatic carbocycles. The number of carbonyl (C=O) groups excluding carboxylic acids is 2. The first kappa shape index (κ1) is 19.1. The van der Waals surface area contributed by atoms with Crippen molar-refractivity contribution in [2.45, 2.75) is 39.7 Å². The Kier molecular flexibility index (Phi) is 5.93. The van der Waals surface area contributed by atoms with Gasteiger partial charge in [-0.25, -0.2) is 4.79 Å². The number of benzene rings is 1. The average Bonchev–Trinajstić information content (AvgIpc) is 2.58. The maximum Gasteiger partial charge on any atom is 0.314 e. The second-order valence-corrected chi connectivity index (χ2v) is 7.58. The first-order valence-corrected chi connectivity index (χ1v) is 8.61. The summed E-state index contributed by atoms with van der Waals surface area (Å²) in [7, 11) is 1.61. The molecule has 1 aliphatic heterocycles. The number of methoxy groups -OCH3 is 1. The van der Waals surface area contributed by atoms with E-state index in [-0.39, 0.29) is 17.3 Å². The van der Waals surface area contributed by atoms with E-state index in [1.54, 1.807) is 7.11 Å². The zero-order chi connectivity index (χ0) is 18.6. The Morgan fingerprint density at radius 2 is 2.04 bits per heavy atom. The number of hydrogen-bond acceptors (Lipinski definition) is 4. The van der Waals surface area contributed by atoms with Crippen LogP contribution in [0.4, 0.5) is 4.79 Å². The topological polar surface area (TPSA) is 81.9 Å². The van der Waals surface area contributed by atoms with E-state index in [1.807, 2.05) is 45.0 Å². The van der Waals surface area contributed by atoms with Gasteiger partial charge in [-0.1, -0.05) is 32.9 Å². The summed E-state index contributed by atoms with van der Waals surface area (Å²) in [5, 5.41) is 0. The molecule has 1 saturated heterocycles. The minimum Gasteiger partial charge on any atom is -0.497 e. The number of amides is 2. The highest BCUT2D eigenvalue weighted by Crippen LogP contribution is 2.38. The lowest BCUT2D eigenvalue weighted by molar-refractivity contribution is -0.162. The number of ether oxygens (including phenoxy) is 2. The van der Waals surface area contributed by atoms with Crippen LogP contribution < -0.4 is 10.5 Å². The molecule has 2 atom stereocenters. The van der Waals surface area contributed by atoms with Crippen LogP contribution in [0.15, 0.2) is 24.3 Å². The molecule has 2 N–H and O–H groups in total. The standard InChI is InChI=1S/C19H28N2O4/c1-19(2,3)16(13-7-5-9-15(11-13)24-4)25-17(22)14-8-6-10-21(12-14)18(20)23/h5,7,9,11,14,16H,6,8,10,12H2,1-4H3,(H2,20,23)/t14-,16+/m0/s1. The van der Waals surface area contributed by atoms with Gasteiger partial charge < -0.3 is 20.1 Å². The fraction of sp³-hybridized carbons (Fsp3) is 0.579. The van der Waals surface area contributed by atoms with Crippen molar-refractivity contribution in [2.24, 2.45) is 17.1 Å². The van der Waals surface area contributed by atoms with Crippen molar-refractivity contribution in [3.8, 4) is 5.75 Å². The number of urea groups is 1. The van der Waals surface area contributed by atoms with Crippen molar-refractivity contribution in [2.75, 3.05) is 20.2 Å². The second-order valence-electron chi connectivity index (χ2n) is 7.58. The highest BCUT2D eigenvalue weighted by Gasteiger charge is 2.35. The van der Waals surface area contributed by atoms with Crippen LogP contribution in [0.1, 0.15) is 45.3 Å². The molecule has 138 valence electrons. The van der Waals surface area contributed by atoms with Gasteiger partial charge in [0.15, 0.2) is 0 Å². The number of nitrogens with zero attached hydrogens (tertiary/aromatic N) is 1. The summed E-state index contributed by atoms with van der Waals surface area (Å²) >= 11 is 0. The Hall–Kier alpha value is -2.24.